The Morgan fingerprint density at radius 1 is 1.10 bits per heavy atom. The van der Waals surface area contributed by atoms with E-state index in [2.05, 4.69) is 20.3 Å². The van der Waals surface area contributed by atoms with Crippen molar-refractivity contribution in [3.63, 3.8) is 0 Å². The Balaban J connectivity index is 1.35. The number of amides is 4. The molecule has 3 fully saturated rings. The SMILES string of the molecule is CCOc1cc2ccnc(O[C@@H]3C[C@H]4C(=O)N[C@]5(C(=O)NS(=O)(=O)C6CC6)C[C@H]5/C=C\CC[C@@H](C)C[C@@H](C)[C@H](NC(=O)OC(C)(C)C(F)(F)F)C(=O)N4C3)c2cc1F. The van der Waals surface area contributed by atoms with E-state index >= 15 is 4.39 Å². The summed E-state index contributed by atoms with van der Waals surface area (Å²) in [6.07, 6.45) is -0.280. The summed E-state index contributed by atoms with van der Waals surface area (Å²) in [6, 6.07) is 1.41. The Bertz CT molecular complexity index is 2080. The fourth-order valence-corrected chi connectivity index (χ4v) is 8.97. The number of ether oxygens (including phenoxy) is 3. The first-order chi connectivity index (χ1) is 27.2. The fourth-order valence-electron chi connectivity index (χ4n) is 7.61. The summed E-state index contributed by atoms with van der Waals surface area (Å²) in [7, 11) is -4.01. The number of nitrogens with one attached hydrogen (secondary N) is 3. The van der Waals surface area contributed by atoms with Gasteiger partial charge in [0.25, 0.3) is 5.91 Å². The average molecular weight is 840 g/mol. The Labute approximate surface area is 333 Å². The number of halogens is 4. The zero-order valence-electron chi connectivity index (χ0n) is 32.9. The van der Waals surface area contributed by atoms with E-state index in [-0.39, 0.29) is 48.9 Å². The lowest BCUT2D eigenvalue weighted by Crippen LogP contribution is -2.59. The number of rotatable bonds is 9. The molecule has 7 atom stereocenters. The van der Waals surface area contributed by atoms with E-state index in [4.69, 9.17) is 14.2 Å². The number of alkyl halides is 3. The number of pyridine rings is 1. The van der Waals surface area contributed by atoms with E-state index in [0.29, 0.717) is 51.3 Å². The van der Waals surface area contributed by atoms with Gasteiger partial charge in [-0.2, -0.15) is 13.2 Å². The third kappa shape index (κ3) is 9.13. The lowest BCUT2D eigenvalue weighted by Gasteiger charge is -2.34. The van der Waals surface area contributed by atoms with Gasteiger partial charge >= 0.3 is 12.3 Å². The quantitative estimate of drug-likeness (QED) is 0.228. The lowest BCUT2D eigenvalue weighted by molar-refractivity contribution is -0.244. The summed E-state index contributed by atoms with van der Waals surface area (Å²) in [6.45, 7) is 6.54. The second kappa shape index (κ2) is 16.2. The van der Waals surface area contributed by atoms with Gasteiger partial charge in [-0.3, -0.25) is 19.1 Å². The first-order valence-corrected chi connectivity index (χ1v) is 21.0. The lowest BCUT2D eigenvalue weighted by atomic mass is 9.88. The summed E-state index contributed by atoms with van der Waals surface area (Å²) in [5, 5.41) is 5.15. The maximum Gasteiger partial charge on any atom is 0.427 e. The molecule has 2 aliphatic carbocycles. The summed E-state index contributed by atoms with van der Waals surface area (Å²) in [5.74, 6) is -4.59. The molecule has 2 saturated carbocycles. The maximum atomic E-state index is 15.0. The third-order valence-corrected chi connectivity index (χ3v) is 13.1. The molecule has 0 radical (unpaired) electrons. The molecular weight excluding hydrogens is 791 g/mol. The van der Waals surface area contributed by atoms with Gasteiger partial charge in [0.05, 0.1) is 18.4 Å². The number of allylic oxidation sites excluding steroid dienone is 1. The second-order valence-electron chi connectivity index (χ2n) is 16.3. The van der Waals surface area contributed by atoms with Crippen LogP contribution in [-0.4, -0.2) is 96.0 Å². The van der Waals surface area contributed by atoms with Crippen LogP contribution in [0.5, 0.6) is 11.6 Å². The van der Waals surface area contributed by atoms with E-state index < -0.39 is 92.2 Å². The van der Waals surface area contributed by atoms with Gasteiger partial charge in [0.2, 0.25) is 33.3 Å². The smallest absolute Gasteiger partial charge is 0.427 e. The van der Waals surface area contributed by atoms with Crippen LogP contribution in [0.1, 0.15) is 79.6 Å². The van der Waals surface area contributed by atoms with Gasteiger partial charge in [-0.1, -0.05) is 26.0 Å². The van der Waals surface area contributed by atoms with Crippen molar-refractivity contribution in [2.75, 3.05) is 13.2 Å². The molecule has 1 aromatic heterocycles. The molecule has 58 heavy (non-hydrogen) atoms. The molecule has 14 nitrogen and oxygen atoms in total. The molecule has 3 heterocycles. The normalized spacial score (nSPS) is 28.9. The van der Waals surface area contributed by atoms with Gasteiger partial charge in [0.15, 0.2) is 11.6 Å². The van der Waals surface area contributed by atoms with Gasteiger partial charge in [-0.05, 0) is 94.7 Å². The standard InChI is InChI=1S/C39H49F4N5O9S/c1-6-55-30-16-23-13-14-44-33(27(23)18-28(30)40)56-25-17-29-32(49)46-38(35(51)47-58(53,54)26-11-12-26)19-24(38)10-8-7-9-21(2)15-22(3)31(34(50)48(29)20-25)45-36(52)57-37(4,5)39(41,42)43/h8,10,13-14,16,18,21-22,24-26,29,31H,6-7,9,11-12,15,17,19-20H2,1-5H3,(H,45,52)(H,46,49)(H,47,51)/b10-8-/t21-,22-,24-,25-,29+,31+,38-/m1/s1. The van der Waals surface area contributed by atoms with Crippen molar-refractivity contribution >= 4 is 44.6 Å². The Morgan fingerprint density at radius 2 is 1.83 bits per heavy atom. The van der Waals surface area contributed by atoms with Gasteiger partial charge < -0.3 is 29.7 Å². The Hall–Kier alpha value is -4.68. The summed E-state index contributed by atoms with van der Waals surface area (Å²) < 4.78 is 100. The molecule has 6 rings (SSSR count). The van der Waals surface area contributed by atoms with Gasteiger partial charge in [-0.15, -0.1) is 0 Å². The van der Waals surface area contributed by atoms with Crippen LogP contribution in [0.15, 0.2) is 36.5 Å². The predicted molar refractivity (Wildman–Crippen MR) is 201 cm³/mol. The second-order valence-corrected chi connectivity index (χ2v) is 18.3. The first-order valence-electron chi connectivity index (χ1n) is 19.4. The highest BCUT2D eigenvalue weighted by Gasteiger charge is 2.62. The highest BCUT2D eigenvalue weighted by Crippen LogP contribution is 2.46. The number of hydrogen-bond acceptors (Lipinski definition) is 10. The van der Waals surface area contributed by atoms with Crippen LogP contribution in [0, 0.1) is 23.6 Å². The van der Waals surface area contributed by atoms with Crippen molar-refractivity contribution in [1.82, 2.24) is 25.2 Å². The number of carbonyl (C=O) groups excluding carboxylic acids is 4. The van der Waals surface area contributed by atoms with E-state index in [0.717, 1.165) is 4.90 Å². The molecule has 1 saturated heterocycles. The number of aromatic nitrogens is 1. The molecule has 2 aliphatic heterocycles. The zero-order valence-corrected chi connectivity index (χ0v) is 33.7. The summed E-state index contributed by atoms with van der Waals surface area (Å²) in [4.78, 5) is 61.4. The van der Waals surface area contributed by atoms with Crippen molar-refractivity contribution < 1.29 is 59.4 Å². The van der Waals surface area contributed by atoms with Gasteiger partial charge in [-0.25, -0.2) is 22.6 Å². The molecule has 3 N–H and O–H groups in total. The van der Waals surface area contributed by atoms with Crippen LogP contribution in [0.3, 0.4) is 0 Å². The molecular formula is C39H49F4N5O9S. The number of sulfonamides is 1. The number of benzene rings is 1. The van der Waals surface area contributed by atoms with Crippen LogP contribution in [0.4, 0.5) is 22.4 Å². The minimum atomic E-state index is -4.93. The van der Waals surface area contributed by atoms with Crippen molar-refractivity contribution in [1.29, 1.82) is 0 Å². The zero-order chi connectivity index (χ0) is 42.4. The molecule has 318 valence electrons. The minimum Gasteiger partial charge on any atom is -0.491 e. The molecule has 19 heteroatoms. The highest BCUT2D eigenvalue weighted by atomic mass is 32.2. The van der Waals surface area contributed by atoms with Crippen molar-refractivity contribution in [3.8, 4) is 11.6 Å². The van der Waals surface area contributed by atoms with Crippen LogP contribution >= 0.6 is 0 Å². The third-order valence-electron chi connectivity index (χ3n) is 11.3. The average Bonchev–Trinajstić information content (AvgIpc) is 4.05. The minimum absolute atomic E-state index is 0.0106. The number of hydrogen-bond donors (Lipinski definition) is 3. The number of alkyl carbamates (subject to hydrolysis) is 1. The molecule has 2 aromatic rings. The van der Waals surface area contributed by atoms with E-state index in [1.165, 1.54) is 18.3 Å². The van der Waals surface area contributed by atoms with Crippen LogP contribution in [-0.2, 0) is 29.1 Å². The predicted octanol–water partition coefficient (Wildman–Crippen LogP) is 5.05. The van der Waals surface area contributed by atoms with Crippen LogP contribution < -0.4 is 24.8 Å². The highest BCUT2D eigenvalue weighted by molar-refractivity contribution is 7.91. The van der Waals surface area contributed by atoms with Gasteiger partial charge in [0, 0.05) is 23.9 Å². The first kappa shape index (κ1) is 42.9. The van der Waals surface area contributed by atoms with E-state index in [9.17, 15) is 40.8 Å². The van der Waals surface area contributed by atoms with E-state index in [1.54, 1.807) is 26.0 Å². The number of fused-ring (bicyclic) bond motifs is 3. The number of nitrogens with zero attached hydrogens (tertiary/aromatic N) is 2. The molecule has 4 aliphatic rings. The Kier molecular flexibility index (Phi) is 12.0. The van der Waals surface area contributed by atoms with Crippen molar-refractivity contribution in [2.45, 2.75) is 120 Å². The number of carbonyl (C=O) groups is 4. The monoisotopic (exact) mass is 839 g/mol. The van der Waals surface area contributed by atoms with Crippen molar-refractivity contribution in [2.24, 2.45) is 17.8 Å². The molecule has 0 spiro atoms. The summed E-state index contributed by atoms with van der Waals surface area (Å²) >= 11 is 0. The van der Waals surface area contributed by atoms with Gasteiger partial charge in [0.1, 0.15) is 23.7 Å². The largest absolute Gasteiger partial charge is 0.491 e. The topological polar surface area (TPSA) is 182 Å². The van der Waals surface area contributed by atoms with E-state index in [1.807, 2.05) is 13.0 Å². The molecule has 4 amide bonds. The summed E-state index contributed by atoms with van der Waals surface area (Å²) in [5.41, 5.74) is -4.57. The van der Waals surface area contributed by atoms with Crippen LogP contribution in [0.25, 0.3) is 10.8 Å². The fraction of sp³-hybridized carbons (Fsp3) is 0.615. The Morgan fingerprint density at radius 3 is 2.50 bits per heavy atom. The maximum absolute atomic E-state index is 15.0. The van der Waals surface area contributed by atoms with Crippen molar-refractivity contribution in [3.05, 3.63) is 42.4 Å². The van der Waals surface area contributed by atoms with Crippen LogP contribution in [0.2, 0.25) is 0 Å². The molecule has 0 bridgehead atoms. The molecule has 1 aromatic carbocycles. The molecule has 0 unspecified atom stereocenters.